The van der Waals surface area contributed by atoms with Crippen LogP contribution in [-0.2, 0) is 23.9 Å². The Bertz CT molecular complexity index is 798. The first-order valence-corrected chi connectivity index (χ1v) is 21.4. The Morgan fingerprint density at radius 3 is 1.10 bits per heavy atom. The number of ether oxygens (including phenoxy) is 2. The van der Waals surface area contributed by atoms with Crippen LogP contribution in [0.4, 0.5) is 0 Å². The summed E-state index contributed by atoms with van der Waals surface area (Å²) >= 11 is 0. The van der Waals surface area contributed by atoms with Gasteiger partial charge in [-0.25, -0.2) is 0 Å². The highest BCUT2D eigenvalue weighted by atomic mass is 16.5. The number of hydrogen-bond acceptors (Lipinski definition) is 6. The molecule has 51 heavy (non-hydrogen) atoms. The first kappa shape index (κ1) is 48.9. The molecule has 0 atom stereocenters. The molecule has 0 saturated carbocycles. The van der Waals surface area contributed by atoms with Crippen molar-refractivity contribution in [2.75, 3.05) is 46.9 Å². The van der Waals surface area contributed by atoms with E-state index in [-0.39, 0.29) is 37.6 Å². The highest BCUT2D eigenvalue weighted by Crippen LogP contribution is 2.12. The minimum Gasteiger partial charge on any atom is -0.464 e. The number of rotatable bonds is 38. The van der Waals surface area contributed by atoms with E-state index in [0.29, 0.717) is 25.9 Å². The molecule has 0 N–H and O–H groups in total. The lowest BCUT2D eigenvalue weighted by atomic mass is 10.1. The quantitative estimate of drug-likeness (QED) is 0.0359. The molecule has 0 unspecified atom stereocenters. The number of carbonyl (C=O) groups is 3. The van der Waals surface area contributed by atoms with Crippen molar-refractivity contribution in [3.8, 4) is 0 Å². The van der Waals surface area contributed by atoms with E-state index in [9.17, 15) is 14.4 Å². The molecule has 0 fully saturated rings. The largest absolute Gasteiger partial charge is 0.464 e. The number of amides is 1. The van der Waals surface area contributed by atoms with Gasteiger partial charge < -0.3 is 19.3 Å². The van der Waals surface area contributed by atoms with Gasteiger partial charge in [0.25, 0.3) is 0 Å². The molecule has 0 heterocycles. The van der Waals surface area contributed by atoms with Crippen molar-refractivity contribution >= 4 is 17.8 Å². The lowest BCUT2D eigenvalue weighted by molar-refractivity contribution is -0.148. The van der Waals surface area contributed by atoms with Crippen LogP contribution in [0.3, 0.4) is 0 Å². The third kappa shape index (κ3) is 37.4. The summed E-state index contributed by atoms with van der Waals surface area (Å²) in [6.07, 6.45) is 42.0. The fraction of sp³-hybridized carbons (Fsp3) is 0.841. The number of carbonyl (C=O) groups excluding carboxylic acids is 3. The van der Waals surface area contributed by atoms with Crippen LogP contribution in [-0.4, -0.2) is 74.6 Å². The Balaban J connectivity index is 3.92. The zero-order valence-electron chi connectivity index (χ0n) is 34.1. The summed E-state index contributed by atoms with van der Waals surface area (Å²) in [5.41, 5.74) is 0. The summed E-state index contributed by atoms with van der Waals surface area (Å²) in [6.45, 7) is 5.70. The molecule has 0 bridgehead atoms. The van der Waals surface area contributed by atoms with E-state index >= 15 is 0 Å². The van der Waals surface area contributed by atoms with E-state index in [1.54, 1.807) is 4.90 Å². The van der Waals surface area contributed by atoms with Gasteiger partial charge in [0, 0.05) is 12.8 Å². The lowest BCUT2D eigenvalue weighted by Crippen LogP contribution is -2.42. The highest BCUT2D eigenvalue weighted by Gasteiger charge is 2.16. The molecule has 0 aromatic heterocycles. The monoisotopic (exact) mass is 719 g/mol. The molecule has 298 valence electrons. The van der Waals surface area contributed by atoms with E-state index in [0.717, 1.165) is 51.4 Å². The predicted molar refractivity (Wildman–Crippen MR) is 216 cm³/mol. The van der Waals surface area contributed by atoms with Crippen LogP contribution in [0.1, 0.15) is 194 Å². The normalized spacial score (nSPS) is 11.6. The van der Waals surface area contributed by atoms with E-state index in [4.69, 9.17) is 9.47 Å². The third-order valence-electron chi connectivity index (χ3n) is 9.34. The molecule has 7 nitrogen and oxygen atoms in total. The van der Waals surface area contributed by atoms with Crippen molar-refractivity contribution in [3.05, 3.63) is 24.3 Å². The molecule has 0 spiro atoms. The Kier molecular flexibility index (Phi) is 37.4. The maximum Gasteiger partial charge on any atom is 0.305 e. The number of allylic oxidation sites excluding steroid dienone is 4. The molecular weight excluding hydrogens is 636 g/mol. The van der Waals surface area contributed by atoms with Crippen molar-refractivity contribution in [1.29, 1.82) is 0 Å². The smallest absolute Gasteiger partial charge is 0.305 e. The van der Waals surface area contributed by atoms with Gasteiger partial charge in [0.15, 0.2) is 0 Å². The summed E-state index contributed by atoms with van der Waals surface area (Å²) in [5.74, 6) is -0.486. The summed E-state index contributed by atoms with van der Waals surface area (Å²) in [6, 6.07) is 0. The number of esters is 2. The van der Waals surface area contributed by atoms with Crippen LogP contribution in [0.15, 0.2) is 24.3 Å². The Morgan fingerprint density at radius 2 is 0.765 bits per heavy atom. The van der Waals surface area contributed by atoms with Crippen molar-refractivity contribution in [3.63, 3.8) is 0 Å². The molecular formula is C44H82N2O5. The lowest BCUT2D eigenvalue weighted by Gasteiger charge is -2.24. The molecule has 0 aliphatic rings. The van der Waals surface area contributed by atoms with E-state index in [2.05, 4.69) is 38.2 Å². The van der Waals surface area contributed by atoms with Gasteiger partial charge in [0.1, 0.15) is 13.2 Å². The maximum atomic E-state index is 12.8. The zero-order chi connectivity index (χ0) is 37.5. The van der Waals surface area contributed by atoms with Crippen LogP contribution >= 0.6 is 0 Å². The van der Waals surface area contributed by atoms with E-state index < -0.39 is 0 Å². The second kappa shape index (κ2) is 39.1. The van der Waals surface area contributed by atoms with Gasteiger partial charge >= 0.3 is 11.9 Å². The number of nitrogens with zero attached hydrogens (tertiary/aromatic N) is 2. The summed E-state index contributed by atoms with van der Waals surface area (Å²) in [7, 11) is 3.69. The van der Waals surface area contributed by atoms with Crippen LogP contribution in [0.2, 0.25) is 0 Å². The first-order chi connectivity index (χ1) is 24.9. The fourth-order valence-electron chi connectivity index (χ4n) is 6.10. The molecule has 0 aromatic rings. The van der Waals surface area contributed by atoms with Crippen molar-refractivity contribution in [2.24, 2.45) is 0 Å². The maximum absolute atomic E-state index is 12.8. The molecule has 0 aliphatic carbocycles. The minimum absolute atomic E-state index is 0.0680. The number of likely N-dealkylation sites (N-methyl/N-ethyl adjacent to an activating group) is 1. The van der Waals surface area contributed by atoms with Gasteiger partial charge in [0.05, 0.1) is 19.6 Å². The average Bonchev–Trinajstić information content (AvgIpc) is 3.10. The zero-order valence-corrected chi connectivity index (χ0v) is 34.1. The molecule has 0 rings (SSSR count). The Hall–Kier alpha value is -2.15. The second-order valence-electron chi connectivity index (χ2n) is 14.7. The Labute approximate surface area is 315 Å². The molecule has 0 saturated heterocycles. The van der Waals surface area contributed by atoms with Gasteiger partial charge in [-0.3, -0.25) is 14.4 Å². The Morgan fingerprint density at radius 1 is 0.451 bits per heavy atom. The van der Waals surface area contributed by atoms with Crippen LogP contribution < -0.4 is 0 Å². The highest BCUT2D eigenvalue weighted by molar-refractivity contribution is 5.78. The molecule has 1 amide bonds. The standard InChI is InChI=1S/C44H82N2O5/c1-5-7-9-11-13-15-17-19-21-23-25-27-29-31-33-35-43(48)50-39-37-46(42(47)41-45(3)4)38-40-51-44(49)36-34-32-30-28-26-24-22-20-18-16-14-12-10-8-6-2/h19-22H,5-18,23-41H2,1-4H3/b21-19-,22-20-. The van der Waals surface area contributed by atoms with Crippen molar-refractivity contribution in [1.82, 2.24) is 9.80 Å². The van der Waals surface area contributed by atoms with E-state index in [1.165, 1.54) is 116 Å². The summed E-state index contributed by atoms with van der Waals surface area (Å²) in [5, 5.41) is 0. The van der Waals surface area contributed by atoms with E-state index in [1.807, 2.05) is 19.0 Å². The minimum atomic E-state index is -0.209. The van der Waals surface area contributed by atoms with Crippen molar-refractivity contribution < 1.29 is 23.9 Å². The van der Waals surface area contributed by atoms with Crippen LogP contribution in [0.5, 0.6) is 0 Å². The van der Waals surface area contributed by atoms with Gasteiger partial charge in [-0.2, -0.15) is 0 Å². The number of hydrogen-bond donors (Lipinski definition) is 0. The van der Waals surface area contributed by atoms with Gasteiger partial charge in [0.2, 0.25) is 5.91 Å². The fourth-order valence-corrected chi connectivity index (χ4v) is 6.10. The summed E-state index contributed by atoms with van der Waals surface area (Å²) < 4.78 is 10.9. The SMILES string of the molecule is CCCCCCCC/C=C\CCCCCCCC(=O)OCCN(CCOC(=O)CCCCCCC/C=C\CCCCCCCC)C(=O)CN(C)C. The van der Waals surface area contributed by atoms with Gasteiger partial charge in [-0.1, -0.05) is 141 Å². The first-order valence-electron chi connectivity index (χ1n) is 21.4. The third-order valence-corrected chi connectivity index (χ3v) is 9.34. The predicted octanol–water partition coefficient (Wildman–Crippen LogP) is 11.5. The van der Waals surface area contributed by atoms with Crippen LogP contribution in [0, 0.1) is 0 Å². The molecule has 7 heteroatoms. The molecule has 0 radical (unpaired) electrons. The van der Waals surface area contributed by atoms with Gasteiger partial charge in [-0.05, 0) is 78.3 Å². The molecule has 0 aromatic carbocycles. The average molecular weight is 719 g/mol. The second-order valence-corrected chi connectivity index (χ2v) is 14.7. The van der Waals surface area contributed by atoms with Gasteiger partial charge in [-0.15, -0.1) is 0 Å². The number of unbranched alkanes of at least 4 members (excludes halogenated alkanes) is 22. The topological polar surface area (TPSA) is 76.1 Å². The summed E-state index contributed by atoms with van der Waals surface area (Å²) in [4.78, 5) is 40.8. The van der Waals surface area contributed by atoms with Crippen LogP contribution in [0.25, 0.3) is 0 Å². The molecule has 0 aliphatic heterocycles. The van der Waals surface area contributed by atoms with Crippen molar-refractivity contribution in [2.45, 2.75) is 194 Å².